The number of guanidine groups is 1. The fourth-order valence-corrected chi connectivity index (χ4v) is 3.05. The molecule has 0 spiro atoms. The van der Waals surface area contributed by atoms with Gasteiger partial charge in [0.2, 0.25) is 5.91 Å². The van der Waals surface area contributed by atoms with Crippen molar-refractivity contribution in [2.24, 2.45) is 4.99 Å². The van der Waals surface area contributed by atoms with Crippen LogP contribution in [0.25, 0.3) is 0 Å². The molecule has 0 atom stereocenters. The molecule has 0 radical (unpaired) electrons. The third-order valence-electron chi connectivity index (χ3n) is 4.17. The first-order valence-electron chi connectivity index (χ1n) is 8.89. The number of aliphatic imine (C=N–C) groups is 1. The van der Waals surface area contributed by atoms with E-state index in [1.54, 1.807) is 7.05 Å². The lowest BCUT2D eigenvalue weighted by Crippen LogP contribution is -2.43. The summed E-state index contributed by atoms with van der Waals surface area (Å²) in [4.78, 5) is 18.6. The van der Waals surface area contributed by atoms with E-state index in [2.05, 4.69) is 41.8 Å². The van der Waals surface area contributed by atoms with Crippen LogP contribution in [0.1, 0.15) is 25.7 Å². The van der Waals surface area contributed by atoms with Crippen molar-refractivity contribution in [2.75, 3.05) is 45.1 Å². The van der Waals surface area contributed by atoms with Crippen molar-refractivity contribution in [3.8, 4) is 0 Å². The quantitative estimate of drug-likeness (QED) is 0.284. The molecule has 8 heteroatoms. The normalized spacial score (nSPS) is 15.1. The van der Waals surface area contributed by atoms with Crippen molar-refractivity contribution in [1.29, 1.82) is 0 Å². The molecule has 0 saturated carbocycles. The minimum absolute atomic E-state index is 0. The molecule has 0 aliphatic carbocycles. The Morgan fingerprint density at radius 2 is 1.77 bits per heavy atom. The van der Waals surface area contributed by atoms with Gasteiger partial charge >= 0.3 is 0 Å². The fourth-order valence-electron chi connectivity index (χ4n) is 2.79. The average Bonchev–Trinajstić information content (AvgIpc) is 2.63. The molecular weight excluding hydrogens is 509 g/mol. The second-order valence-electron chi connectivity index (χ2n) is 6.13. The molecule has 1 heterocycles. The number of hydrogen-bond donors (Lipinski definition) is 3. The number of nitrogens with one attached hydrogen (secondary N) is 3. The van der Waals surface area contributed by atoms with Gasteiger partial charge in [-0.2, -0.15) is 0 Å². The summed E-state index contributed by atoms with van der Waals surface area (Å²) >= 11 is 3.38. The van der Waals surface area contributed by atoms with Gasteiger partial charge in [-0.05, 0) is 50.2 Å². The summed E-state index contributed by atoms with van der Waals surface area (Å²) < 4.78 is 0.992. The predicted molar refractivity (Wildman–Crippen MR) is 122 cm³/mol. The first kappa shape index (κ1) is 23.2. The fraction of sp³-hybridized carbons (Fsp3) is 0.556. The third kappa shape index (κ3) is 9.18. The van der Waals surface area contributed by atoms with Crippen molar-refractivity contribution >= 4 is 57.5 Å². The summed E-state index contributed by atoms with van der Waals surface area (Å²) in [6.07, 6.45) is 4.36. The zero-order valence-electron chi connectivity index (χ0n) is 15.3. The van der Waals surface area contributed by atoms with Crippen molar-refractivity contribution < 1.29 is 4.79 Å². The minimum Gasteiger partial charge on any atom is -0.356 e. The molecule has 1 fully saturated rings. The van der Waals surface area contributed by atoms with E-state index in [4.69, 9.17) is 0 Å². The maximum Gasteiger partial charge on any atom is 0.226 e. The molecule has 0 bridgehead atoms. The smallest absolute Gasteiger partial charge is 0.226 e. The zero-order valence-corrected chi connectivity index (χ0v) is 19.2. The maximum absolute atomic E-state index is 12.0. The molecular formula is C18H29BrIN5O. The Labute approximate surface area is 181 Å². The molecule has 1 amide bonds. The predicted octanol–water partition coefficient (Wildman–Crippen LogP) is 3.05. The van der Waals surface area contributed by atoms with Gasteiger partial charge in [-0.1, -0.05) is 22.4 Å². The summed E-state index contributed by atoms with van der Waals surface area (Å²) in [7, 11) is 1.75. The molecule has 1 saturated heterocycles. The highest BCUT2D eigenvalue weighted by atomic mass is 127. The number of amides is 1. The van der Waals surface area contributed by atoms with Crippen LogP contribution in [0.2, 0.25) is 0 Å². The summed E-state index contributed by atoms with van der Waals surface area (Å²) in [5.74, 6) is 0.729. The number of carbonyl (C=O) groups is 1. The highest BCUT2D eigenvalue weighted by Crippen LogP contribution is 2.14. The topological polar surface area (TPSA) is 68.8 Å². The van der Waals surface area contributed by atoms with Crippen LogP contribution < -0.4 is 16.0 Å². The van der Waals surface area contributed by atoms with Crippen LogP contribution in [0.3, 0.4) is 0 Å². The van der Waals surface area contributed by atoms with E-state index in [0.717, 1.165) is 29.2 Å². The van der Waals surface area contributed by atoms with E-state index in [1.807, 2.05) is 24.3 Å². The van der Waals surface area contributed by atoms with Gasteiger partial charge in [-0.3, -0.25) is 9.79 Å². The Hall–Kier alpha value is -0.870. The van der Waals surface area contributed by atoms with E-state index >= 15 is 0 Å². The number of halogens is 2. The summed E-state index contributed by atoms with van der Waals surface area (Å²) in [5.41, 5.74) is 0.803. The van der Waals surface area contributed by atoms with Crippen molar-refractivity contribution in [1.82, 2.24) is 15.5 Å². The SMILES string of the molecule is CN=C(NCCC(=O)Nc1ccc(Br)cc1)NCCN1CCCCC1.I. The van der Waals surface area contributed by atoms with Gasteiger partial charge in [0.1, 0.15) is 0 Å². The second kappa shape index (κ2) is 13.3. The van der Waals surface area contributed by atoms with Crippen molar-refractivity contribution in [3.05, 3.63) is 28.7 Å². The Morgan fingerprint density at radius 3 is 2.42 bits per heavy atom. The molecule has 3 N–H and O–H groups in total. The van der Waals surface area contributed by atoms with Gasteiger partial charge in [-0.25, -0.2) is 0 Å². The number of rotatable bonds is 7. The van der Waals surface area contributed by atoms with Crippen LogP contribution in [0.5, 0.6) is 0 Å². The number of carbonyl (C=O) groups excluding carboxylic acids is 1. The highest BCUT2D eigenvalue weighted by molar-refractivity contribution is 14.0. The molecule has 0 unspecified atom stereocenters. The molecule has 1 aromatic rings. The number of anilines is 1. The first-order valence-corrected chi connectivity index (χ1v) is 9.69. The Morgan fingerprint density at radius 1 is 1.12 bits per heavy atom. The van der Waals surface area contributed by atoms with E-state index in [9.17, 15) is 4.79 Å². The van der Waals surface area contributed by atoms with E-state index < -0.39 is 0 Å². The standard InChI is InChI=1S/C18H28BrN5O.HI/c1-20-18(22-11-14-24-12-3-2-4-13-24)21-10-9-17(25)23-16-7-5-15(19)6-8-16;/h5-8H,2-4,9-14H2,1H3,(H,23,25)(H2,20,21,22);1H. The third-order valence-corrected chi connectivity index (χ3v) is 4.69. The van der Waals surface area contributed by atoms with Gasteiger partial charge in [0, 0.05) is 43.3 Å². The highest BCUT2D eigenvalue weighted by Gasteiger charge is 2.09. The summed E-state index contributed by atoms with van der Waals surface area (Å²) in [6.45, 7) is 4.84. The monoisotopic (exact) mass is 537 g/mol. The lowest BCUT2D eigenvalue weighted by molar-refractivity contribution is -0.116. The molecule has 2 rings (SSSR count). The number of benzene rings is 1. The molecule has 6 nitrogen and oxygen atoms in total. The van der Waals surface area contributed by atoms with Gasteiger partial charge < -0.3 is 20.9 Å². The second-order valence-corrected chi connectivity index (χ2v) is 7.05. The number of nitrogens with zero attached hydrogens (tertiary/aromatic N) is 2. The van der Waals surface area contributed by atoms with E-state index in [0.29, 0.717) is 13.0 Å². The van der Waals surface area contributed by atoms with Gasteiger partial charge in [0.25, 0.3) is 0 Å². The largest absolute Gasteiger partial charge is 0.356 e. The van der Waals surface area contributed by atoms with Crippen LogP contribution in [-0.2, 0) is 4.79 Å². The van der Waals surface area contributed by atoms with Crippen molar-refractivity contribution in [3.63, 3.8) is 0 Å². The number of likely N-dealkylation sites (tertiary alicyclic amines) is 1. The zero-order chi connectivity index (χ0) is 17.9. The van der Waals surface area contributed by atoms with Crippen LogP contribution >= 0.6 is 39.9 Å². The number of piperidine rings is 1. The van der Waals surface area contributed by atoms with Crippen LogP contribution in [-0.4, -0.2) is 56.5 Å². The lowest BCUT2D eigenvalue weighted by atomic mass is 10.1. The van der Waals surface area contributed by atoms with E-state index in [1.165, 1.54) is 32.4 Å². The summed E-state index contributed by atoms with van der Waals surface area (Å²) in [5, 5.41) is 9.37. The van der Waals surface area contributed by atoms with Crippen molar-refractivity contribution in [2.45, 2.75) is 25.7 Å². The van der Waals surface area contributed by atoms with Gasteiger partial charge in [0.05, 0.1) is 0 Å². The molecule has 26 heavy (non-hydrogen) atoms. The van der Waals surface area contributed by atoms with Gasteiger partial charge in [0.15, 0.2) is 5.96 Å². The number of hydrogen-bond acceptors (Lipinski definition) is 3. The Bertz CT molecular complexity index is 561. The molecule has 1 aliphatic heterocycles. The van der Waals surface area contributed by atoms with E-state index in [-0.39, 0.29) is 29.9 Å². The molecule has 146 valence electrons. The Balaban J connectivity index is 0.00000338. The summed E-state index contributed by atoms with van der Waals surface area (Å²) in [6, 6.07) is 7.55. The average molecular weight is 538 g/mol. The molecule has 0 aromatic heterocycles. The van der Waals surface area contributed by atoms with Crippen LogP contribution in [0.15, 0.2) is 33.7 Å². The Kier molecular flexibility index (Phi) is 11.9. The minimum atomic E-state index is -0.0152. The maximum atomic E-state index is 12.0. The lowest BCUT2D eigenvalue weighted by Gasteiger charge is -2.26. The van der Waals surface area contributed by atoms with Crippen LogP contribution in [0, 0.1) is 0 Å². The van der Waals surface area contributed by atoms with Gasteiger partial charge in [-0.15, -0.1) is 24.0 Å². The van der Waals surface area contributed by atoms with Crippen LogP contribution in [0.4, 0.5) is 5.69 Å². The molecule has 1 aliphatic rings. The molecule has 1 aromatic carbocycles. The first-order chi connectivity index (χ1) is 12.2.